The van der Waals surface area contributed by atoms with Gasteiger partial charge in [-0.3, -0.25) is 9.67 Å². The summed E-state index contributed by atoms with van der Waals surface area (Å²) in [5.41, 5.74) is 3.20. The number of methoxy groups -OCH3 is 1. The third-order valence-electron chi connectivity index (χ3n) is 4.20. The maximum Gasteiger partial charge on any atom is 0.330 e. The number of nitrogens with zero attached hydrogens (tertiary/aromatic N) is 3. The van der Waals surface area contributed by atoms with E-state index in [1.165, 1.54) is 19.2 Å². The molecule has 0 radical (unpaired) electrons. The molecule has 3 rings (SSSR count). The summed E-state index contributed by atoms with van der Waals surface area (Å²) in [5.74, 6) is -0.670. The van der Waals surface area contributed by atoms with Gasteiger partial charge in [0.25, 0.3) is 0 Å². The third kappa shape index (κ3) is 3.49. The minimum Gasteiger partial charge on any atom is -0.467 e. The van der Waals surface area contributed by atoms with Gasteiger partial charge in [0, 0.05) is 29.7 Å². The van der Waals surface area contributed by atoms with Gasteiger partial charge in [0.2, 0.25) is 0 Å². The van der Waals surface area contributed by atoms with E-state index in [1.54, 1.807) is 29.2 Å². The Morgan fingerprint density at radius 1 is 1.08 bits per heavy atom. The Hall–Kier alpha value is -3.02. The number of halogens is 1. The van der Waals surface area contributed by atoms with E-state index in [0.29, 0.717) is 5.69 Å². The van der Waals surface area contributed by atoms with Gasteiger partial charge in [0.15, 0.2) is 6.04 Å². The van der Waals surface area contributed by atoms with E-state index in [4.69, 9.17) is 4.74 Å². The first-order valence-electron chi connectivity index (χ1n) is 8.34. The van der Waals surface area contributed by atoms with Gasteiger partial charge in [-0.05, 0) is 47.9 Å². The largest absolute Gasteiger partial charge is 0.467 e. The van der Waals surface area contributed by atoms with Gasteiger partial charge in [0.1, 0.15) is 11.5 Å². The molecule has 5 nitrogen and oxygen atoms in total. The van der Waals surface area contributed by atoms with Gasteiger partial charge in [-0.2, -0.15) is 5.10 Å². The summed E-state index contributed by atoms with van der Waals surface area (Å²) in [6.07, 6.45) is 5.22. The van der Waals surface area contributed by atoms with Crippen molar-refractivity contribution < 1.29 is 13.9 Å². The lowest BCUT2D eigenvalue weighted by Gasteiger charge is -2.18. The first-order chi connectivity index (χ1) is 12.5. The molecule has 134 valence electrons. The van der Waals surface area contributed by atoms with Crippen LogP contribution >= 0.6 is 0 Å². The molecular weight excluding hydrogens is 333 g/mol. The Morgan fingerprint density at radius 2 is 1.73 bits per heavy atom. The molecule has 2 heterocycles. The van der Waals surface area contributed by atoms with E-state index in [1.807, 2.05) is 32.2 Å². The zero-order valence-electron chi connectivity index (χ0n) is 14.9. The zero-order chi connectivity index (χ0) is 18.7. The molecule has 0 fully saturated rings. The molecule has 1 unspecified atom stereocenters. The van der Waals surface area contributed by atoms with Crippen molar-refractivity contribution in [3.8, 4) is 22.4 Å². The van der Waals surface area contributed by atoms with Crippen LogP contribution < -0.4 is 0 Å². The highest BCUT2D eigenvalue weighted by Crippen LogP contribution is 2.33. The molecule has 26 heavy (non-hydrogen) atoms. The Labute approximate surface area is 151 Å². The van der Waals surface area contributed by atoms with Gasteiger partial charge < -0.3 is 4.74 Å². The average molecular weight is 353 g/mol. The number of aromatic nitrogens is 3. The van der Waals surface area contributed by atoms with Crippen LogP contribution in [0.2, 0.25) is 0 Å². The van der Waals surface area contributed by atoms with Crippen LogP contribution in [0.5, 0.6) is 0 Å². The minimum atomic E-state index is -0.546. The van der Waals surface area contributed by atoms with Crippen molar-refractivity contribution in [2.45, 2.75) is 19.9 Å². The van der Waals surface area contributed by atoms with Crippen LogP contribution in [-0.2, 0) is 9.53 Å². The van der Waals surface area contributed by atoms with Crippen LogP contribution in [0.15, 0.2) is 55.0 Å². The number of carbonyl (C=O) groups is 1. The summed E-state index contributed by atoms with van der Waals surface area (Å²) in [6, 6.07) is 9.34. The number of esters is 1. The SMILES string of the molecule is COC(=O)C(C(C)C)n1cc(-c2ccncc2)c(-c2ccc(F)cc2)n1. The zero-order valence-corrected chi connectivity index (χ0v) is 14.9. The van der Waals surface area contributed by atoms with Crippen molar-refractivity contribution in [3.63, 3.8) is 0 Å². The third-order valence-corrected chi connectivity index (χ3v) is 4.20. The topological polar surface area (TPSA) is 57.0 Å². The molecule has 0 spiro atoms. The number of hydrogen-bond donors (Lipinski definition) is 0. The number of hydrogen-bond acceptors (Lipinski definition) is 4. The molecule has 0 N–H and O–H groups in total. The predicted molar refractivity (Wildman–Crippen MR) is 96.7 cm³/mol. The van der Waals surface area contributed by atoms with E-state index in [-0.39, 0.29) is 17.7 Å². The molecule has 0 aliphatic rings. The van der Waals surface area contributed by atoms with Gasteiger partial charge in [-0.1, -0.05) is 13.8 Å². The first-order valence-corrected chi connectivity index (χ1v) is 8.34. The standard InChI is InChI=1S/C20H20FN3O2/c1-13(2)19(20(25)26-3)24-12-17(14-8-10-22-11-9-14)18(23-24)15-4-6-16(21)7-5-15/h4-13,19H,1-3H3. The average Bonchev–Trinajstić information content (AvgIpc) is 3.07. The normalized spacial score (nSPS) is 12.2. The Balaban J connectivity index is 2.17. The van der Waals surface area contributed by atoms with Gasteiger partial charge >= 0.3 is 5.97 Å². The number of pyridine rings is 1. The van der Waals surface area contributed by atoms with E-state index in [2.05, 4.69) is 10.1 Å². The summed E-state index contributed by atoms with van der Waals surface area (Å²) >= 11 is 0. The molecule has 3 aromatic rings. The van der Waals surface area contributed by atoms with Crippen molar-refractivity contribution in [2.24, 2.45) is 5.92 Å². The van der Waals surface area contributed by atoms with Gasteiger partial charge in [-0.15, -0.1) is 0 Å². The van der Waals surface area contributed by atoms with E-state index in [0.717, 1.165) is 16.7 Å². The number of benzene rings is 1. The van der Waals surface area contributed by atoms with Crippen molar-refractivity contribution in [1.29, 1.82) is 0 Å². The maximum absolute atomic E-state index is 13.3. The second kappa shape index (κ2) is 7.47. The molecule has 0 amide bonds. The van der Waals surface area contributed by atoms with Crippen LogP contribution in [0, 0.1) is 11.7 Å². The van der Waals surface area contributed by atoms with E-state index >= 15 is 0 Å². The van der Waals surface area contributed by atoms with Crippen molar-refractivity contribution >= 4 is 5.97 Å². The summed E-state index contributed by atoms with van der Waals surface area (Å²) in [7, 11) is 1.37. The van der Waals surface area contributed by atoms with Gasteiger partial charge in [-0.25, -0.2) is 9.18 Å². The Morgan fingerprint density at radius 3 is 2.31 bits per heavy atom. The van der Waals surface area contributed by atoms with Crippen LogP contribution in [-0.4, -0.2) is 27.8 Å². The van der Waals surface area contributed by atoms with Crippen LogP contribution in [0.25, 0.3) is 22.4 Å². The lowest BCUT2D eigenvalue weighted by molar-refractivity contribution is -0.146. The number of rotatable bonds is 5. The highest BCUT2D eigenvalue weighted by Gasteiger charge is 2.27. The molecule has 0 aliphatic carbocycles. The smallest absolute Gasteiger partial charge is 0.330 e. The number of carbonyl (C=O) groups excluding carboxylic acids is 1. The van der Waals surface area contributed by atoms with Crippen LogP contribution in [0.1, 0.15) is 19.9 Å². The molecule has 6 heteroatoms. The summed E-state index contributed by atoms with van der Waals surface area (Å²) in [5, 5.41) is 4.65. The lowest BCUT2D eigenvalue weighted by Crippen LogP contribution is -2.26. The quantitative estimate of drug-likeness (QED) is 0.648. The Bertz CT molecular complexity index is 889. The van der Waals surface area contributed by atoms with Crippen molar-refractivity contribution in [2.75, 3.05) is 7.11 Å². The van der Waals surface area contributed by atoms with Crippen molar-refractivity contribution in [3.05, 3.63) is 60.8 Å². The molecule has 0 aliphatic heterocycles. The first kappa shape index (κ1) is 17.8. The Kier molecular flexibility index (Phi) is 5.11. The summed E-state index contributed by atoms with van der Waals surface area (Å²) < 4.78 is 19.9. The van der Waals surface area contributed by atoms with E-state index < -0.39 is 6.04 Å². The summed E-state index contributed by atoms with van der Waals surface area (Å²) in [6.45, 7) is 3.87. The van der Waals surface area contributed by atoms with Crippen LogP contribution in [0.4, 0.5) is 4.39 Å². The summed E-state index contributed by atoms with van der Waals surface area (Å²) in [4.78, 5) is 16.3. The molecule has 1 atom stereocenters. The molecule has 0 saturated carbocycles. The fourth-order valence-electron chi connectivity index (χ4n) is 2.90. The van der Waals surface area contributed by atoms with Crippen LogP contribution in [0.3, 0.4) is 0 Å². The number of ether oxygens (including phenoxy) is 1. The second-order valence-electron chi connectivity index (χ2n) is 6.33. The fraction of sp³-hybridized carbons (Fsp3) is 0.250. The predicted octanol–water partition coefficient (Wildman–Crippen LogP) is 4.12. The van der Waals surface area contributed by atoms with Gasteiger partial charge in [0.05, 0.1) is 7.11 Å². The molecule has 0 saturated heterocycles. The molecule has 2 aromatic heterocycles. The minimum absolute atomic E-state index is 0.00583. The highest BCUT2D eigenvalue weighted by atomic mass is 19.1. The van der Waals surface area contributed by atoms with Crippen molar-refractivity contribution in [1.82, 2.24) is 14.8 Å². The maximum atomic E-state index is 13.3. The molecule has 0 bridgehead atoms. The molecule has 1 aromatic carbocycles. The highest BCUT2D eigenvalue weighted by molar-refractivity contribution is 5.81. The monoisotopic (exact) mass is 353 g/mol. The molecular formula is C20H20FN3O2. The second-order valence-corrected chi connectivity index (χ2v) is 6.33. The van der Waals surface area contributed by atoms with E-state index in [9.17, 15) is 9.18 Å². The lowest BCUT2D eigenvalue weighted by atomic mass is 10.0. The fourth-order valence-corrected chi connectivity index (χ4v) is 2.90.